The highest BCUT2D eigenvalue weighted by Gasteiger charge is 2.27. The van der Waals surface area contributed by atoms with Crippen LogP contribution in [-0.2, 0) is 11.3 Å². The van der Waals surface area contributed by atoms with Crippen LogP contribution in [0.25, 0.3) is 0 Å². The maximum absolute atomic E-state index is 11.3. The molecule has 1 N–H and O–H groups in total. The smallest absolute Gasteiger partial charge is 0.221 e. The zero-order valence-corrected chi connectivity index (χ0v) is 14.5. The number of hydrogen-bond donors (Lipinski definition) is 1. The lowest BCUT2D eigenvalue weighted by Crippen LogP contribution is -2.28. The predicted octanol–water partition coefficient (Wildman–Crippen LogP) is 4.62. The highest BCUT2D eigenvalue weighted by Crippen LogP contribution is 2.33. The van der Waals surface area contributed by atoms with Crippen molar-refractivity contribution in [3.63, 3.8) is 0 Å². The molecule has 0 spiro atoms. The molecule has 2 aromatic carbocycles. The third-order valence-corrected chi connectivity index (χ3v) is 4.65. The molecule has 3 nitrogen and oxygen atoms in total. The van der Waals surface area contributed by atoms with Gasteiger partial charge >= 0.3 is 0 Å². The summed E-state index contributed by atoms with van der Waals surface area (Å²) in [6.07, 6.45) is 2.70. The van der Waals surface area contributed by atoms with E-state index in [2.05, 4.69) is 59.6 Å². The molecule has 3 rings (SSSR count). The van der Waals surface area contributed by atoms with Gasteiger partial charge in [-0.1, -0.05) is 42.5 Å². The van der Waals surface area contributed by atoms with Gasteiger partial charge in [-0.15, -0.1) is 0 Å². The Labute approximate surface area is 144 Å². The fourth-order valence-corrected chi connectivity index (χ4v) is 3.12. The number of hydrogen-bond acceptors (Lipinski definition) is 2. The SMILES string of the molecule is CC(=O)Nc1cccc(CN(CC2CC2)C(C)c2ccccc2)c1. The van der Waals surface area contributed by atoms with Crippen molar-refractivity contribution in [1.82, 2.24) is 4.90 Å². The Morgan fingerprint density at radius 3 is 2.58 bits per heavy atom. The number of amides is 1. The Kier molecular flexibility index (Phi) is 5.31. The summed E-state index contributed by atoms with van der Waals surface area (Å²) >= 11 is 0. The van der Waals surface area contributed by atoms with Gasteiger partial charge < -0.3 is 5.32 Å². The number of benzene rings is 2. The molecule has 1 unspecified atom stereocenters. The minimum Gasteiger partial charge on any atom is -0.326 e. The van der Waals surface area contributed by atoms with Crippen molar-refractivity contribution in [3.05, 3.63) is 65.7 Å². The maximum Gasteiger partial charge on any atom is 0.221 e. The molecule has 24 heavy (non-hydrogen) atoms. The van der Waals surface area contributed by atoms with Crippen molar-refractivity contribution in [1.29, 1.82) is 0 Å². The Hall–Kier alpha value is -2.13. The first kappa shape index (κ1) is 16.7. The van der Waals surface area contributed by atoms with Gasteiger partial charge in [-0.2, -0.15) is 0 Å². The van der Waals surface area contributed by atoms with E-state index in [1.807, 2.05) is 12.1 Å². The van der Waals surface area contributed by atoms with Crippen molar-refractivity contribution in [2.45, 2.75) is 39.3 Å². The molecule has 1 atom stereocenters. The summed E-state index contributed by atoms with van der Waals surface area (Å²) in [6.45, 7) is 5.87. The van der Waals surface area contributed by atoms with Crippen LogP contribution >= 0.6 is 0 Å². The first-order valence-electron chi connectivity index (χ1n) is 8.77. The zero-order valence-electron chi connectivity index (χ0n) is 14.5. The average molecular weight is 322 g/mol. The number of anilines is 1. The van der Waals surface area contributed by atoms with E-state index in [9.17, 15) is 4.79 Å². The number of nitrogens with zero attached hydrogens (tertiary/aromatic N) is 1. The summed E-state index contributed by atoms with van der Waals surface area (Å²) in [6, 6.07) is 19.3. The van der Waals surface area contributed by atoms with Gasteiger partial charge in [0.2, 0.25) is 5.91 Å². The summed E-state index contributed by atoms with van der Waals surface area (Å²) in [5.41, 5.74) is 3.47. The first-order valence-corrected chi connectivity index (χ1v) is 8.77. The third kappa shape index (κ3) is 4.68. The van der Waals surface area contributed by atoms with Gasteiger partial charge in [0, 0.05) is 31.7 Å². The van der Waals surface area contributed by atoms with Crippen LogP contribution in [0.2, 0.25) is 0 Å². The van der Waals surface area contributed by atoms with E-state index in [0.717, 1.165) is 24.7 Å². The molecule has 1 amide bonds. The van der Waals surface area contributed by atoms with E-state index in [1.165, 1.54) is 24.0 Å². The van der Waals surface area contributed by atoms with E-state index < -0.39 is 0 Å². The molecule has 1 aliphatic rings. The first-order chi connectivity index (χ1) is 11.6. The number of carbonyl (C=O) groups excluding carboxylic acids is 1. The second-order valence-corrected chi connectivity index (χ2v) is 6.84. The van der Waals surface area contributed by atoms with Crippen LogP contribution in [0, 0.1) is 5.92 Å². The summed E-state index contributed by atoms with van der Waals surface area (Å²) in [5, 5.41) is 2.88. The molecule has 2 aromatic rings. The second-order valence-electron chi connectivity index (χ2n) is 6.84. The van der Waals surface area contributed by atoms with Crippen LogP contribution in [0.3, 0.4) is 0 Å². The lowest BCUT2D eigenvalue weighted by Gasteiger charge is -2.30. The molecule has 1 aliphatic carbocycles. The molecule has 1 fully saturated rings. The highest BCUT2D eigenvalue weighted by atomic mass is 16.1. The van der Waals surface area contributed by atoms with Gasteiger partial charge in [0.15, 0.2) is 0 Å². The molecule has 126 valence electrons. The van der Waals surface area contributed by atoms with Crippen molar-refractivity contribution in [2.75, 3.05) is 11.9 Å². The number of rotatable bonds is 7. The van der Waals surface area contributed by atoms with E-state index in [-0.39, 0.29) is 5.91 Å². The molecular formula is C21H26N2O. The molecule has 1 saturated carbocycles. The van der Waals surface area contributed by atoms with Crippen molar-refractivity contribution < 1.29 is 4.79 Å². The third-order valence-electron chi connectivity index (χ3n) is 4.65. The average Bonchev–Trinajstić information content (AvgIpc) is 3.38. The lowest BCUT2D eigenvalue weighted by molar-refractivity contribution is -0.114. The second kappa shape index (κ2) is 7.63. The minimum absolute atomic E-state index is 0.0281. The molecule has 0 bridgehead atoms. The van der Waals surface area contributed by atoms with Gasteiger partial charge in [-0.05, 0) is 48.9 Å². The van der Waals surface area contributed by atoms with Crippen LogP contribution < -0.4 is 5.32 Å². The quantitative estimate of drug-likeness (QED) is 0.807. The molecule has 3 heteroatoms. The molecule has 0 radical (unpaired) electrons. The topological polar surface area (TPSA) is 32.3 Å². The standard InChI is InChI=1S/C21H26N2O/c1-16(20-8-4-3-5-9-20)23(14-18-11-12-18)15-19-7-6-10-21(13-19)22-17(2)24/h3-10,13,16,18H,11-12,14-15H2,1-2H3,(H,22,24). The van der Waals surface area contributed by atoms with Crippen LogP contribution in [0.15, 0.2) is 54.6 Å². The minimum atomic E-state index is -0.0281. The predicted molar refractivity (Wildman–Crippen MR) is 98.7 cm³/mol. The van der Waals surface area contributed by atoms with E-state index in [4.69, 9.17) is 0 Å². The van der Waals surface area contributed by atoms with E-state index in [0.29, 0.717) is 6.04 Å². The Morgan fingerprint density at radius 2 is 1.92 bits per heavy atom. The Morgan fingerprint density at radius 1 is 1.17 bits per heavy atom. The van der Waals surface area contributed by atoms with E-state index in [1.54, 1.807) is 6.92 Å². The molecule has 0 heterocycles. The molecule has 0 saturated heterocycles. The van der Waals surface area contributed by atoms with Gasteiger partial charge in [-0.25, -0.2) is 0 Å². The van der Waals surface area contributed by atoms with Crippen LogP contribution in [0.5, 0.6) is 0 Å². The van der Waals surface area contributed by atoms with Gasteiger partial charge in [0.25, 0.3) is 0 Å². The van der Waals surface area contributed by atoms with Gasteiger partial charge in [-0.3, -0.25) is 9.69 Å². The normalized spacial score (nSPS) is 15.3. The van der Waals surface area contributed by atoms with E-state index >= 15 is 0 Å². The highest BCUT2D eigenvalue weighted by molar-refractivity contribution is 5.88. The van der Waals surface area contributed by atoms with Crippen molar-refractivity contribution in [2.24, 2.45) is 5.92 Å². The van der Waals surface area contributed by atoms with Crippen molar-refractivity contribution in [3.8, 4) is 0 Å². The monoisotopic (exact) mass is 322 g/mol. The summed E-state index contributed by atoms with van der Waals surface area (Å²) in [4.78, 5) is 13.8. The maximum atomic E-state index is 11.3. The van der Waals surface area contributed by atoms with Gasteiger partial charge in [0.1, 0.15) is 0 Å². The van der Waals surface area contributed by atoms with Crippen LogP contribution in [0.4, 0.5) is 5.69 Å². The van der Waals surface area contributed by atoms with Crippen LogP contribution in [-0.4, -0.2) is 17.4 Å². The summed E-state index contributed by atoms with van der Waals surface area (Å²) < 4.78 is 0. The fourth-order valence-electron chi connectivity index (χ4n) is 3.12. The Balaban J connectivity index is 1.75. The van der Waals surface area contributed by atoms with Crippen LogP contribution in [0.1, 0.15) is 43.9 Å². The number of carbonyl (C=O) groups is 1. The van der Waals surface area contributed by atoms with Crippen molar-refractivity contribution >= 4 is 11.6 Å². The Bertz CT molecular complexity index is 679. The fraction of sp³-hybridized carbons (Fsp3) is 0.381. The largest absolute Gasteiger partial charge is 0.326 e. The zero-order chi connectivity index (χ0) is 16.9. The molecule has 0 aromatic heterocycles. The number of nitrogens with one attached hydrogen (secondary N) is 1. The lowest BCUT2D eigenvalue weighted by atomic mass is 10.1. The van der Waals surface area contributed by atoms with Gasteiger partial charge in [0.05, 0.1) is 0 Å². The summed E-state index contributed by atoms with van der Waals surface area (Å²) in [5.74, 6) is 0.814. The molecular weight excluding hydrogens is 296 g/mol. The summed E-state index contributed by atoms with van der Waals surface area (Å²) in [7, 11) is 0. The molecule has 0 aliphatic heterocycles.